The Morgan fingerprint density at radius 3 is 2.26 bits per heavy atom. The topological polar surface area (TPSA) is 66.1 Å². The average molecular weight is 481 g/mol. The summed E-state index contributed by atoms with van der Waals surface area (Å²) < 4.78 is 10.9. The maximum absolute atomic E-state index is 14.2. The molecule has 180 valence electrons. The number of rotatable bonds is 10. The van der Waals surface area contributed by atoms with Gasteiger partial charge in [0.05, 0.1) is 24.8 Å². The second kappa shape index (κ2) is 11.5. The molecule has 0 aliphatic carbocycles. The highest BCUT2D eigenvalue weighted by molar-refractivity contribution is 7.80. The average Bonchev–Trinajstić information content (AvgIpc) is 2.87. The quantitative estimate of drug-likeness (QED) is 0.399. The number of carbonyl (C=O) groups is 1. The van der Waals surface area contributed by atoms with Crippen molar-refractivity contribution in [3.05, 3.63) is 83.2 Å². The molecule has 1 amide bonds. The van der Waals surface area contributed by atoms with Crippen molar-refractivity contribution in [2.45, 2.75) is 25.6 Å². The van der Waals surface area contributed by atoms with Crippen LogP contribution >= 0.6 is 12.2 Å². The molecular weight excluding hydrogens is 448 g/mol. The molecule has 2 aliphatic rings. The largest absolute Gasteiger partial charge is 0.383 e. The van der Waals surface area contributed by atoms with E-state index in [1.165, 1.54) is 0 Å². The standard InChI is InChI=1S/C26H32N4O3S/c1-3-33-17-10-15-29-23(20-13-8-5-9-14-20)28-24-21(25(29)31)22(19-11-6-4-7-12-19)27-26(34)30(24)16-18-32-2/h4-9,11-14,22-23,28H,3,10,15-18H2,1-2H3,(H,27,34)/t22-,23-/m1/s1. The highest BCUT2D eigenvalue weighted by Crippen LogP contribution is 2.37. The van der Waals surface area contributed by atoms with E-state index in [9.17, 15) is 4.79 Å². The molecule has 2 heterocycles. The Kier molecular flexibility index (Phi) is 8.16. The van der Waals surface area contributed by atoms with Crippen LogP contribution in [0, 0.1) is 0 Å². The summed E-state index contributed by atoms with van der Waals surface area (Å²) in [5.74, 6) is 0.736. The SMILES string of the molecule is CCOCCCN1C(=O)C2=C(N[C@H]1c1ccccc1)N(CCOC)C(=S)N[C@@H]2c1ccccc1. The molecule has 0 saturated heterocycles. The van der Waals surface area contributed by atoms with Gasteiger partial charge in [-0.3, -0.25) is 4.79 Å². The molecule has 0 bridgehead atoms. The van der Waals surface area contributed by atoms with Gasteiger partial charge < -0.3 is 29.9 Å². The van der Waals surface area contributed by atoms with Crippen LogP contribution < -0.4 is 10.6 Å². The number of carbonyl (C=O) groups excluding carboxylic acids is 1. The number of hydrogen-bond acceptors (Lipinski definition) is 5. The summed E-state index contributed by atoms with van der Waals surface area (Å²) in [5, 5.41) is 7.64. The van der Waals surface area contributed by atoms with Crippen LogP contribution in [-0.2, 0) is 14.3 Å². The van der Waals surface area contributed by atoms with Crippen LogP contribution in [-0.4, -0.2) is 60.8 Å². The minimum absolute atomic E-state index is 0.00892. The summed E-state index contributed by atoms with van der Waals surface area (Å²) in [6, 6.07) is 19.7. The van der Waals surface area contributed by atoms with E-state index in [2.05, 4.69) is 10.6 Å². The third-order valence-electron chi connectivity index (χ3n) is 6.06. The smallest absolute Gasteiger partial charge is 0.257 e. The van der Waals surface area contributed by atoms with Crippen LogP contribution in [0.2, 0.25) is 0 Å². The molecule has 34 heavy (non-hydrogen) atoms. The predicted octanol–water partition coefficient (Wildman–Crippen LogP) is 3.33. The molecular formula is C26H32N4O3S. The van der Waals surface area contributed by atoms with Gasteiger partial charge in [0, 0.05) is 26.9 Å². The Hall–Kier alpha value is -2.94. The van der Waals surface area contributed by atoms with Crippen molar-refractivity contribution in [3.8, 4) is 0 Å². The molecule has 0 aromatic heterocycles. The first kappa shape index (κ1) is 24.2. The number of ether oxygens (including phenoxy) is 2. The molecule has 2 aliphatic heterocycles. The van der Waals surface area contributed by atoms with Crippen molar-refractivity contribution in [1.29, 1.82) is 0 Å². The lowest BCUT2D eigenvalue weighted by Gasteiger charge is -2.47. The lowest BCUT2D eigenvalue weighted by atomic mass is 9.93. The third-order valence-corrected chi connectivity index (χ3v) is 6.40. The van der Waals surface area contributed by atoms with E-state index in [0.29, 0.717) is 43.6 Å². The fraction of sp³-hybridized carbons (Fsp3) is 0.385. The van der Waals surface area contributed by atoms with E-state index >= 15 is 0 Å². The number of benzene rings is 2. The van der Waals surface area contributed by atoms with E-state index in [-0.39, 0.29) is 18.1 Å². The number of methoxy groups -OCH3 is 1. The molecule has 4 rings (SSSR count). The summed E-state index contributed by atoms with van der Waals surface area (Å²) in [5.41, 5.74) is 2.68. The van der Waals surface area contributed by atoms with Crippen LogP contribution in [0.15, 0.2) is 72.1 Å². The Bertz CT molecular complexity index is 1020. The number of nitrogens with zero attached hydrogens (tertiary/aromatic N) is 2. The van der Waals surface area contributed by atoms with E-state index in [1.54, 1.807) is 7.11 Å². The van der Waals surface area contributed by atoms with Gasteiger partial charge in [-0.05, 0) is 36.7 Å². The predicted molar refractivity (Wildman–Crippen MR) is 136 cm³/mol. The molecule has 2 atom stereocenters. The van der Waals surface area contributed by atoms with Crippen LogP contribution in [0.1, 0.15) is 36.7 Å². The highest BCUT2D eigenvalue weighted by Gasteiger charge is 2.43. The molecule has 0 radical (unpaired) electrons. The van der Waals surface area contributed by atoms with E-state index < -0.39 is 0 Å². The van der Waals surface area contributed by atoms with Crippen LogP contribution in [0.3, 0.4) is 0 Å². The van der Waals surface area contributed by atoms with Gasteiger partial charge in [0.25, 0.3) is 5.91 Å². The Labute approximate surface area is 206 Å². The van der Waals surface area contributed by atoms with E-state index in [4.69, 9.17) is 21.7 Å². The maximum atomic E-state index is 14.2. The van der Waals surface area contributed by atoms with Crippen molar-refractivity contribution in [2.24, 2.45) is 0 Å². The number of hydrogen-bond donors (Lipinski definition) is 2. The Morgan fingerprint density at radius 2 is 1.62 bits per heavy atom. The lowest BCUT2D eigenvalue weighted by Crippen LogP contribution is -2.59. The first-order valence-corrected chi connectivity index (χ1v) is 12.1. The zero-order chi connectivity index (χ0) is 23.9. The Morgan fingerprint density at radius 1 is 0.941 bits per heavy atom. The first-order valence-electron chi connectivity index (χ1n) is 11.7. The van der Waals surface area contributed by atoms with Gasteiger partial charge in [0.1, 0.15) is 12.0 Å². The number of amides is 1. The van der Waals surface area contributed by atoms with Crippen molar-refractivity contribution >= 4 is 23.2 Å². The highest BCUT2D eigenvalue weighted by atomic mass is 32.1. The number of nitrogens with one attached hydrogen (secondary N) is 2. The van der Waals surface area contributed by atoms with E-state index in [0.717, 1.165) is 23.4 Å². The zero-order valence-electron chi connectivity index (χ0n) is 19.7. The molecule has 0 fully saturated rings. The molecule has 0 unspecified atom stereocenters. The second-order valence-electron chi connectivity index (χ2n) is 8.21. The van der Waals surface area contributed by atoms with Crippen LogP contribution in [0.4, 0.5) is 0 Å². The monoisotopic (exact) mass is 480 g/mol. The van der Waals surface area contributed by atoms with Gasteiger partial charge in [-0.1, -0.05) is 60.7 Å². The third kappa shape index (κ3) is 5.09. The summed E-state index contributed by atoms with van der Waals surface area (Å²) in [7, 11) is 1.66. The summed E-state index contributed by atoms with van der Waals surface area (Å²) in [6.07, 6.45) is 0.444. The molecule has 2 aromatic carbocycles. The van der Waals surface area contributed by atoms with Gasteiger partial charge >= 0.3 is 0 Å². The minimum atomic E-state index is -0.339. The van der Waals surface area contributed by atoms with Crippen molar-refractivity contribution in [1.82, 2.24) is 20.4 Å². The van der Waals surface area contributed by atoms with Crippen molar-refractivity contribution in [3.63, 3.8) is 0 Å². The molecule has 7 nitrogen and oxygen atoms in total. The van der Waals surface area contributed by atoms with E-state index in [1.807, 2.05) is 77.4 Å². The molecule has 8 heteroatoms. The van der Waals surface area contributed by atoms with Gasteiger partial charge in [-0.2, -0.15) is 0 Å². The summed E-state index contributed by atoms with van der Waals surface area (Å²) in [6.45, 7) is 4.85. The zero-order valence-corrected chi connectivity index (χ0v) is 20.5. The maximum Gasteiger partial charge on any atom is 0.257 e. The fourth-order valence-electron chi connectivity index (χ4n) is 4.42. The van der Waals surface area contributed by atoms with Gasteiger partial charge in [0.15, 0.2) is 5.11 Å². The van der Waals surface area contributed by atoms with Gasteiger partial charge in [0.2, 0.25) is 0 Å². The molecule has 0 saturated carbocycles. The van der Waals surface area contributed by atoms with Crippen LogP contribution in [0.25, 0.3) is 0 Å². The van der Waals surface area contributed by atoms with Crippen molar-refractivity contribution < 1.29 is 14.3 Å². The van der Waals surface area contributed by atoms with Gasteiger partial charge in [-0.25, -0.2) is 0 Å². The van der Waals surface area contributed by atoms with Crippen LogP contribution in [0.5, 0.6) is 0 Å². The minimum Gasteiger partial charge on any atom is -0.383 e. The number of thiocarbonyl (C=S) groups is 1. The molecule has 0 spiro atoms. The fourth-order valence-corrected chi connectivity index (χ4v) is 4.72. The van der Waals surface area contributed by atoms with Gasteiger partial charge in [-0.15, -0.1) is 0 Å². The summed E-state index contributed by atoms with van der Waals surface area (Å²) >= 11 is 5.75. The normalized spacial score (nSPS) is 20.2. The Balaban J connectivity index is 1.77. The van der Waals surface area contributed by atoms with Crippen molar-refractivity contribution in [2.75, 3.05) is 40.0 Å². The second-order valence-corrected chi connectivity index (χ2v) is 8.59. The lowest BCUT2D eigenvalue weighted by molar-refractivity contribution is -0.132. The summed E-state index contributed by atoms with van der Waals surface area (Å²) in [4.78, 5) is 18.0. The molecule has 2 N–H and O–H groups in total. The first-order chi connectivity index (χ1) is 16.7. The molecule has 2 aromatic rings.